The Morgan fingerprint density at radius 3 is 2.54 bits per heavy atom. The SMILES string of the molecule is CC(C)N(Cc1ccc(Cl)cc1Cl)C(=O)[C@H]1CCCN(C(=O)OC(C)(C)C)C1. The van der Waals surface area contributed by atoms with Crippen LogP contribution in [0.25, 0.3) is 0 Å². The molecule has 0 radical (unpaired) electrons. The van der Waals surface area contributed by atoms with Crippen LogP contribution in [0.4, 0.5) is 4.79 Å². The van der Waals surface area contributed by atoms with Gasteiger partial charge in [-0.15, -0.1) is 0 Å². The summed E-state index contributed by atoms with van der Waals surface area (Å²) in [5.74, 6) is -0.205. The summed E-state index contributed by atoms with van der Waals surface area (Å²) in [6.07, 6.45) is 1.18. The van der Waals surface area contributed by atoms with Gasteiger partial charge in [0, 0.05) is 35.7 Å². The lowest BCUT2D eigenvalue weighted by molar-refractivity contribution is -0.139. The molecule has 0 aromatic heterocycles. The number of rotatable bonds is 4. The lowest BCUT2D eigenvalue weighted by atomic mass is 9.96. The molecule has 1 fully saturated rings. The Labute approximate surface area is 177 Å². The first kappa shape index (κ1) is 22.8. The summed E-state index contributed by atoms with van der Waals surface area (Å²) >= 11 is 12.3. The van der Waals surface area contributed by atoms with Crippen LogP contribution in [0.5, 0.6) is 0 Å². The maximum absolute atomic E-state index is 13.3. The molecule has 0 spiro atoms. The zero-order valence-electron chi connectivity index (χ0n) is 17.3. The number of amides is 2. The topological polar surface area (TPSA) is 49.9 Å². The lowest BCUT2D eigenvalue weighted by Gasteiger charge is -2.37. The molecule has 1 aliphatic rings. The minimum absolute atomic E-state index is 0.0103. The molecular weight excluding hydrogens is 399 g/mol. The number of carbonyl (C=O) groups excluding carboxylic acids is 2. The molecule has 5 nitrogen and oxygen atoms in total. The van der Waals surface area contributed by atoms with Gasteiger partial charge in [-0.1, -0.05) is 29.3 Å². The van der Waals surface area contributed by atoms with E-state index in [4.69, 9.17) is 27.9 Å². The fourth-order valence-electron chi connectivity index (χ4n) is 3.25. The third-order valence-corrected chi connectivity index (χ3v) is 5.27. The third-order valence-electron chi connectivity index (χ3n) is 4.68. The van der Waals surface area contributed by atoms with Gasteiger partial charge in [0.25, 0.3) is 0 Å². The molecule has 1 saturated heterocycles. The standard InChI is InChI=1S/C21H30Cl2N2O3/c1-14(2)25(13-15-8-9-17(22)11-18(15)23)19(26)16-7-6-10-24(12-16)20(27)28-21(3,4)5/h8-9,11,14,16H,6-7,10,12-13H2,1-5H3/t16-/m0/s1. The molecule has 0 saturated carbocycles. The number of carbonyl (C=O) groups is 2. The number of ether oxygens (including phenoxy) is 1. The Balaban J connectivity index is 2.10. The van der Waals surface area contributed by atoms with Crippen LogP contribution in [-0.4, -0.2) is 46.5 Å². The van der Waals surface area contributed by atoms with Gasteiger partial charge in [-0.25, -0.2) is 4.79 Å². The van der Waals surface area contributed by atoms with E-state index < -0.39 is 5.60 Å². The zero-order valence-corrected chi connectivity index (χ0v) is 18.8. The second-order valence-electron chi connectivity index (χ2n) is 8.56. The van der Waals surface area contributed by atoms with Crippen LogP contribution in [-0.2, 0) is 16.1 Å². The minimum atomic E-state index is -0.552. The second kappa shape index (κ2) is 9.36. The Bertz CT molecular complexity index is 716. The van der Waals surface area contributed by atoms with E-state index in [0.29, 0.717) is 29.7 Å². The van der Waals surface area contributed by atoms with Crippen LogP contribution >= 0.6 is 23.2 Å². The van der Waals surface area contributed by atoms with E-state index in [9.17, 15) is 9.59 Å². The summed E-state index contributed by atoms with van der Waals surface area (Å²) in [5.41, 5.74) is 0.302. The fraction of sp³-hybridized carbons (Fsp3) is 0.619. The molecule has 28 heavy (non-hydrogen) atoms. The monoisotopic (exact) mass is 428 g/mol. The summed E-state index contributed by atoms with van der Waals surface area (Å²) < 4.78 is 5.47. The van der Waals surface area contributed by atoms with E-state index >= 15 is 0 Å². The maximum atomic E-state index is 13.3. The smallest absolute Gasteiger partial charge is 0.410 e. The number of likely N-dealkylation sites (tertiary alicyclic amines) is 1. The Morgan fingerprint density at radius 2 is 1.96 bits per heavy atom. The van der Waals surface area contributed by atoms with Crippen molar-refractivity contribution in [3.05, 3.63) is 33.8 Å². The molecule has 0 N–H and O–H groups in total. The van der Waals surface area contributed by atoms with Gasteiger partial charge >= 0.3 is 6.09 Å². The number of nitrogens with zero attached hydrogens (tertiary/aromatic N) is 2. The number of piperidine rings is 1. The molecule has 7 heteroatoms. The molecular formula is C21H30Cl2N2O3. The first-order valence-corrected chi connectivity index (χ1v) is 10.5. The van der Waals surface area contributed by atoms with E-state index in [0.717, 1.165) is 18.4 Å². The van der Waals surface area contributed by atoms with Crippen molar-refractivity contribution in [1.29, 1.82) is 0 Å². The van der Waals surface area contributed by atoms with Crippen molar-refractivity contribution in [2.24, 2.45) is 5.92 Å². The van der Waals surface area contributed by atoms with Crippen LogP contribution < -0.4 is 0 Å². The van der Waals surface area contributed by atoms with Crippen LogP contribution in [0.3, 0.4) is 0 Å². The van der Waals surface area contributed by atoms with Crippen molar-refractivity contribution in [3.8, 4) is 0 Å². The number of benzene rings is 1. The van der Waals surface area contributed by atoms with Crippen LogP contribution in [0, 0.1) is 5.92 Å². The van der Waals surface area contributed by atoms with Crippen LogP contribution in [0.15, 0.2) is 18.2 Å². The molecule has 1 aliphatic heterocycles. The number of hydrogen-bond acceptors (Lipinski definition) is 3. The summed E-state index contributed by atoms with van der Waals surface area (Å²) in [6, 6.07) is 5.32. The molecule has 0 unspecified atom stereocenters. The fourth-order valence-corrected chi connectivity index (χ4v) is 3.72. The maximum Gasteiger partial charge on any atom is 0.410 e. The molecule has 2 amide bonds. The largest absolute Gasteiger partial charge is 0.444 e. The first-order chi connectivity index (χ1) is 13.0. The van der Waals surface area contributed by atoms with Crippen molar-refractivity contribution >= 4 is 35.2 Å². The van der Waals surface area contributed by atoms with E-state index in [1.165, 1.54) is 0 Å². The van der Waals surface area contributed by atoms with E-state index in [-0.39, 0.29) is 24.0 Å². The molecule has 156 valence electrons. The van der Waals surface area contributed by atoms with Gasteiger partial charge in [-0.05, 0) is 65.2 Å². The predicted molar refractivity (Wildman–Crippen MR) is 113 cm³/mol. The highest BCUT2D eigenvalue weighted by Gasteiger charge is 2.34. The van der Waals surface area contributed by atoms with Gasteiger partial charge in [0.15, 0.2) is 0 Å². The first-order valence-electron chi connectivity index (χ1n) is 9.70. The molecule has 1 atom stereocenters. The van der Waals surface area contributed by atoms with Gasteiger partial charge < -0.3 is 14.5 Å². The van der Waals surface area contributed by atoms with Gasteiger partial charge in [0.05, 0.1) is 5.92 Å². The molecule has 2 rings (SSSR count). The Kier molecular flexibility index (Phi) is 7.63. The highest BCUT2D eigenvalue weighted by molar-refractivity contribution is 6.35. The number of hydrogen-bond donors (Lipinski definition) is 0. The van der Waals surface area contributed by atoms with Gasteiger partial charge in [-0.2, -0.15) is 0 Å². The molecule has 1 heterocycles. The average Bonchev–Trinajstić information content (AvgIpc) is 2.59. The van der Waals surface area contributed by atoms with Crippen LogP contribution in [0.2, 0.25) is 10.0 Å². The highest BCUT2D eigenvalue weighted by Crippen LogP contribution is 2.26. The van der Waals surface area contributed by atoms with Crippen molar-refractivity contribution in [2.75, 3.05) is 13.1 Å². The number of halogens is 2. The van der Waals surface area contributed by atoms with Crippen molar-refractivity contribution in [3.63, 3.8) is 0 Å². The predicted octanol–water partition coefficient (Wildman–Crippen LogP) is 5.38. The van der Waals surface area contributed by atoms with E-state index in [2.05, 4.69) is 0 Å². The van der Waals surface area contributed by atoms with E-state index in [1.807, 2.05) is 45.6 Å². The van der Waals surface area contributed by atoms with E-state index in [1.54, 1.807) is 17.0 Å². The van der Waals surface area contributed by atoms with Gasteiger partial charge in [0.1, 0.15) is 5.60 Å². The molecule has 0 bridgehead atoms. The second-order valence-corrected chi connectivity index (χ2v) is 9.40. The van der Waals surface area contributed by atoms with Gasteiger partial charge in [0.2, 0.25) is 5.91 Å². The Hall–Kier alpha value is -1.46. The Morgan fingerprint density at radius 1 is 1.29 bits per heavy atom. The van der Waals surface area contributed by atoms with Gasteiger partial charge in [-0.3, -0.25) is 4.79 Å². The molecule has 1 aromatic carbocycles. The quantitative estimate of drug-likeness (QED) is 0.646. The van der Waals surface area contributed by atoms with Crippen LogP contribution in [0.1, 0.15) is 53.0 Å². The summed E-state index contributed by atoms with van der Waals surface area (Å²) in [4.78, 5) is 29.1. The van der Waals surface area contributed by atoms with Crippen molar-refractivity contribution in [2.45, 2.75) is 65.6 Å². The highest BCUT2D eigenvalue weighted by atomic mass is 35.5. The molecule has 0 aliphatic carbocycles. The third kappa shape index (κ3) is 6.28. The van der Waals surface area contributed by atoms with Crippen molar-refractivity contribution in [1.82, 2.24) is 9.80 Å². The average molecular weight is 429 g/mol. The van der Waals surface area contributed by atoms with Crippen molar-refractivity contribution < 1.29 is 14.3 Å². The summed E-state index contributed by atoms with van der Waals surface area (Å²) in [5, 5.41) is 1.11. The zero-order chi connectivity index (χ0) is 21.1. The molecule has 1 aromatic rings. The minimum Gasteiger partial charge on any atom is -0.444 e. The normalized spacial score (nSPS) is 17.6. The summed E-state index contributed by atoms with van der Waals surface area (Å²) in [6.45, 7) is 10.9. The summed E-state index contributed by atoms with van der Waals surface area (Å²) in [7, 11) is 0. The lowest BCUT2D eigenvalue weighted by Crippen LogP contribution is -2.49.